The van der Waals surface area contributed by atoms with Crippen LogP contribution in [0.25, 0.3) is 0 Å². The van der Waals surface area contributed by atoms with Gasteiger partial charge in [-0.2, -0.15) is 0 Å². The van der Waals surface area contributed by atoms with Crippen molar-refractivity contribution in [1.29, 1.82) is 0 Å². The van der Waals surface area contributed by atoms with Crippen LogP contribution in [0.3, 0.4) is 0 Å². The topological polar surface area (TPSA) is 88.3 Å². The Labute approximate surface area is 147 Å². The molecule has 3 rings (SSSR count). The van der Waals surface area contributed by atoms with Crippen LogP contribution in [0.2, 0.25) is 0 Å². The number of hydrogen-bond acceptors (Lipinski definition) is 4. The van der Waals surface area contributed by atoms with Gasteiger partial charge in [-0.3, -0.25) is 14.6 Å². The molecule has 0 radical (unpaired) electrons. The van der Waals surface area contributed by atoms with Gasteiger partial charge in [-0.05, 0) is 30.2 Å². The fourth-order valence-electron chi connectivity index (χ4n) is 3.32. The van der Waals surface area contributed by atoms with Gasteiger partial charge in [0.15, 0.2) is 0 Å². The number of nitrogens with one attached hydrogen (secondary N) is 1. The monoisotopic (exact) mass is 338 g/mol. The van der Waals surface area contributed by atoms with Gasteiger partial charge in [0.1, 0.15) is 5.69 Å². The maximum Gasteiger partial charge on any atom is 0.269 e. The minimum Gasteiger partial charge on any atom is -0.354 e. The van der Waals surface area contributed by atoms with E-state index in [0.29, 0.717) is 30.9 Å². The van der Waals surface area contributed by atoms with Gasteiger partial charge in [-0.25, -0.2) is 0 Å². The van der Waals surface area contributed by atoms with Gasteiger partial charge in [0.25, 0.3) is 11.8 Å². The van der Waals surface area contributed by atoms with Crippen LogP contribution in [0, 0.1) is 5.92 Å². The number of nitrogens with two attached hydrogens (primary N) is 1. The van der Waals surface area contributed by atoms with Gasteiger partial charge in [0.05, 0.1) is 5.56 Å². The fourth-order valence-corrected chi connectivity index (χ4v) is 3.32. The first-order valence-corrected chi connectivity index (χ1v) is 8.36. The van der Waals surface area contributed by atoms with E-state index >= 15 is 0 Å². The number of pyridine rings is 1. The summed E-state index contributed by atoms with van der Waals surface area (Å²) in [5.74, 6) is 0.137. The Balaban J connectivity index is 1.76. The van der Waals surface area contributed by atoms with Crippen molar-refractivity contribution in [2.24, 2.45) is 11.7 Å². The summed E-state index contributed by atoms with van der Waals surface area (Å²) in [6.45, 7) is 1.81. The number of benzene rings is 1. The van der Waals surface area contributed by atoms with E-state index in [4.69, 9.17) is 5.73 Å². The highest BCUT2D eigenvalue weighted by atomic mass is 16.2. The second-order valence-corrected chi connectivity index (χ2v) is 6.23. The SMILES string of the molecule is CNC(=O)c1ccc(C(=O)N2C[C@@H](CN)[C@H](c3ccccc3)C2)cn1. The minimum atomic E-state index is -0.271. The molecule has 6 nitrogen and oxygen atoms in total. The van der Waals surface area contributed by atoms with Crippen LogP contribution in [0.1, 0.15) is 32.3 Å². The van der Waals surface area contributed by atoms with Crippen molar-refractivity contribution in [3.8, 4) is 0 Å². The fraction of sp³-hybridized carbons (Fsp3) is 0.316. The zero-order valence-corrected chi connectivity index (χ0v) is 14.2. The van der Waals surface area contributed by atoms with Crippen LogP contribution < -0.4 is 11.1 Å². The van der Waals surface area contributed by atoms with Gasteiger partial charge >= 0.3 is 0 Å². The lowest BCUT2D eigenvalue weighted by atomic mass is 9.89. The van der Waals surface area contributed by atoms with E-state index in [-0.39, 0.29) is 23.7 Å². The van der Waals surface area contributed by atoms with E-state index in [2.05, 4.69) is 22.4 Å². The quantitative estimate of drug-likeness (QED) is 0.878. The highest BCUT2D eigenvalue weighted by Crippen LogP contribution is 2.32. The van der Waals surface area contributed by atoms with Crippen molar-refractivity contribution in [3.63, 3.8) is 0 Å². The molecule has 0 saturated carbocycles. The molecular formula is C19H22N4O2. The molecule has 1 fully saturated rings. The summed E-state index contributed by atoms with van der Waals surface area (Å²) in [4.78, 5) is 30.2. The van der Waals surface area contributed by atoms with Gasteiger partial charge < -0.3 is 16.0 Å². The van der Waals surface area contributed by atoms with Gasteiger partial charge in [-0.15, -0.1) is 0 Å². The second kappa shape index (κ2) is 7.44. The van der Waals surface area contributed by atoms with E-state index < -0.39 is 0 Å². The molecule has 1 aliphatic heterocycles. The van der Waals surface area contributed by atoms with Gasteiger partial charge in [-0.1, -0.05) is 30.3 Å². The van der Waals surface area contributed by atoms with Crippen molar-refractivity contribution in [2.45, 2.75) is 5.92 Å². The molecule has 2 aromatic rings. The summed E-state index contributed by atoms with van der Waals surface area (Å²) in [5.41, 5.74) is 7.92. The number of amides is 2. The van der Waals surface area contributed by atoms with Crippen molar-refractivity contribution >= 4 is 11.8 Å². The maximum atomic E-state index is 12.8. The third kappa shape index (κ3) is 3.53. The smallest absolute Gasteiger partial charge is 0.269 e. The lowest BCUT2D eigenvalue weighted by Gasteiger charge is -2.17. The summed E-state index contributed by atoms with van der Waals surface area (Å²) in [6, 6.07) is 13.4. The molecular weight excluding hydrogens is 316 g/mol. The van der Waals surface area contributed by atoms with E-state index in [0.717, 1.165) is 0 Å². The lowest BCUT2D eigenvalue weighted by Crippen LogP contribution is -2.30. The predicted octanol–water partition coefficient (Wildman–Crippen LogP) is 1.26. The van der Waals surface area contributed by atoms with Crippen LogP contribution in [-0.2, 0) is 0 Å². The highest BCUT2D eigenvalue weighted by Gasteiger charge is 2.35. The molecule has 130 valence electrons. The number of hydrogen-bond donors (Lipinski definition) is 2. The van der Waals surface area contributed by atoms with Crippen LogP contribution in [0.5, 0.6) is 0 Å². The van der Waals surface area contributed by atoms with E-state index in [1.54, 1.807) is 19.2 Å². The first-order valence-electron chi connectivity index (χ1n) is 8.36. The zero-order chi connectivity index (χ0) is 17.8. The first kappa shape index (κ1) is 17.1. The standard InChI is InChI=1S/C19H22N4O2/c1-21-18(24)17-8-7-14(10-22-17)19(25)23-11-15(9-20)16(12-23)13-5-3-2-4-6-13/h2-8,10,15-16H,9,11-12,20H2,1H3,(H,21,24)/t15-,16+/m1/s1. The largest absolute Gasteiger partial charge is 0.354 e. The van der Waals surface area contributed by atoms with Crippen LogP contribution in [-0.4, -0.2) is 48.4 Å². The molecule has 2 atom stereocenters. The molecule has 0 bridgehead atoms. The minimum absolute atomic E-state index is 0.0761. The number of aromatic nitrogens is 1. The number of carbonyl (C=O) groups is 2. The Kier molecular flexibility index (Phi) is 5.09. The summed E-state index contributed by atoms with van der Waals surface area (Å²) < 4.78 is 0. The molecule has 0 spiro atoms. The Bertz CT molecular complexity index is 746. The molecule has 1 aromatic carbocycles. The Morgan fingerprint density at radius 1 is 1.20 bits per heavy atom. The van der Waals surface area contributed by atoms with Crippen LogP contribution in [0.4, 0.5) is 0 Å². The number of nitrogens with zero attached hydrogens (tertiary/aromatic N) is 2. The molecule has 6 heteroatoms. The molecule has 25 heavy (non-hydrogen) atoms. The van der Waals surface area contributed by atoms with Gasteiger partial charge in [0.2, 0.25) is 0 Å². The second-order valence-electron chi connectivity index (χ2n) is 6.23. The van der Waals surface area contributed by atoms with E-state index in [9.17, 15) is 9.59 Å². The van der Waals surface area contributed by atoms with Crippen molar-refractivity contribution in [3.05, 3.63) is 65.5 Å². The summed E-state index contributed by atoms with van der Waals surface area (Å²) in [5, 5.41) is 2.51. The van der Waals surface area contributed by atoms with Crippen LogP contribution >= 0.6 is 0 Å². The maximum absolute atomic E-state index is 12.8. The third-order valence-corrected chi connectivity index (χ3v) is 4.73. The lowest BCUT2D eigenvalue weighted by molar-refractivity contribution is 0.0785. The molecule has 1 saturated heterocycles. The Morgan fingerprint density at radius 3 is 2.56 bits per heavy atom. The zero-order valence-electron chi connectivity index (χ0n) is 14.2. The Hall–Kier alpha value is -2.73. The average molecular weight is 338 g/mol. The molecule has 1 aromatic heterocycles. The van der Waals surface area contributed by atoms with Crippen molar-refractivity contribution in [1.82, 2.24) is 15.2 Å². The summed E-state index contributed by atoms with van der Waals surface area (Å²) >= 11 is 0. The van der Waals surface area contributed by atoms with Crippen molar-refractivity contribution in [2.75, 3.05) is 26.7 Å². The number of carbonyl (C=O) groups excluding carboxylic acids is 2. The van der Waals surface area contributed by atoms with Gasteiger partial charge in [0, 0.05) is 32.3 Å². The Morgan fingerprint density at radius 2 is 1.96 bits per heavy atom. The first-order chi connectivity index (χ1) is 12.1. The van der Waals surface area contributed by atoms with E-state index in [1.807, 2.05) is 23.1 Å². The van der Waals surface area contributed by atoms with E-state index in [1.165, 1.54) is 11.8 Å². The molecule has 1 aliphatic rings. The molecule has 2 amide bonds. The van der Waals surface area contributed by atoms with Crippen LogP contribution in [0.15, 0.2) is 48.7 Å². The van der Waals surface area contributed by atoms with Crippen molar-refractivity contribution < 1.29 is 9.59 Å². The average Bonchev–Trinajstić information content (AvgIpc) is 3.12. The molecule has 0 unspecified atom stereocenters. The third-order valence-electron chi connectivity index (χ3n) is 4.73. The molecule has 3 N–H and O–H groups in total. The normalized spacial score (nSPS) is 19.7. The highest BCUT2D eigenvalue weighted by molar-refractivity contribution is 5.96. The molecule has 0 aliphatic carbocycles. The number of likely N-dealkylation sites (tertiary alicyclic amines) is 1. The summed E-state index contributed by atoms with van der Waals surface area (Å²) in [7, 11) is 1.55. The summed E-state index contributed by atoms with van der Waals surface area (Å²) in [6.07, 6.45) is 1.46. The number of rotatable bonds is 4. The predicted molar refractivity (Wildman–Crippen MR) is 95.3 cm³/mol. The molecule has 2 heterocycles.